The molecule has 0 radical (unpaired) electrons. The number of halogens is 2. The zero-order valence-corrected chi connectivity index (χ0v) is 18.5. The molecule has 154 valence electrons. The highest BCUT2D eigenvalue weighted by Gasteiger charge is 2.36. The smallest absolute Gasteiger partial charge is 0.273 e. The van der Waals surface area contributed by atoms with Gasteiger partial charge < -0.3 is 0 Å². The predicted molar refractivity (Wildman–Crippen MR) is 124 cm³/mol. The van der Waals surface area contributed by atoms with Crippen molar-refractivity contribution in [3.8, 4) is 0 Å². The summed E-state index contributed by atoms with van der Waals surface area (Å²) in [7, 11) is 0. The Labute approximate surface area is 192 Å². The van der Waals surface area contributed by atoms with E-state index < -0.39 is 17.8 Å². The lowest BCUT2D eigenvalue weighted by Crippen LogP contribution is -2.54. The third kappa shape index (κ3) is 4.45. The van der Waals surface area contributed by atoms with Crippen LogP contribution in [-0.4, -0.2) is 17.8 Å². The number of benzene rings is 3. The fourth-order valence-corrected chi connectivity index (χ4v) is 3.91. The Morgan fingerprint density at radius 1 is 0.903 bits per heavy atom. The number of amides is 4. The van der Waals surface area contributed by atoms with Gasteiger partial charge in [-0.05, 0) is 59.5 Å². The second-order valence-corrected chi connectivity index (χ2v) is 8.23. The van der Waals surface area contributed by atoms with Gasteiger partial charge in [-0.3, -0.25) is 14.9 Å². The topological polar surface area (TPSA) is 66.5 Å². The van der Waals surface area contributed by atoms with Crippen LogP contribution in [0.1, 0.15) is 16.7 Å². The van der Waals surface area contributed by atoms with Crippen LogP contribution in [0.2, 0.25) is 5.02 Å². The molecule has 5 nitrogen and oxygen atoms in total. The molecule has 0 atom stereocenters. The van der Waals surface area contributed by atoms with E-state index in [0.717, 1.165) is 20.5 Å². The van der Waals surface area contributed by atoms with E-state index in [9.17, 15) is 14.4 Å². The number of imide groups is 2. The van der Waals surface area contributed by atoms with Crippen LogP contribution in [0.3, 0.4) is 0 Å². The zero-order chi connectivity index (χ0) is 22.0. The number of para-hydroxylation sites is 1. The molecule has 3 aromatic rings. The van der Waals surface area contributed by atoms with Crippen LogP contribution in [-0.2, 0) is 16.0 Å². The van der Waals surface area contributed by atoms with Gasteiger partial charge in [-0.1, -0.05) is 70.0 Å². The fraction of sp³-hybridized carbons (Fsp3) is 0.0417. The molecule has 0 aliphatic carbocycles. The Balaban J connectivity index is 1.75. The fourth-order valence-electron chi connectivity index (χ4n) is 3.33. The molecule has 3 aromatic carbocycles. The molecule has 1 aliphatic rings. The normalized spacial score (nSPS) is 15.4. The molecule has 1 aliphatic heterocycles. The number of hydrogen-bond acceptors (Lipinski definition) is 3. The van der Waals surface area contributed by atoms with Crippen LogP contribution >= 0.6 is 27.5 Å². The van der Waals surface area contributed by atoms with E-state index in [0.29, 0.717) is 22.7 Å². The first kappa shape index (κ1) is 21.0. The highest BCUT2D eigenvalue weighted by molar-refractivity contribution is 9.10. The minimum atomic E-state index is -0.774. The summed E-state index contributed by atoms with van der Waals surface area (Å²) < 4.78 is 0.793. The molecule has 0 unspecified atom stereocenters. The van der Waals surface area contributed by atoms with Gasteiger partial charge in [-0.15, -0.1) is 0 Å². The quantitative estimate of drug-likeness (QED) is 0.391. The van der Waals surface area contributed by atoms with Crippen molar-refractivity contribution < 1.29 is 14.4 Å². The molecule has 7 heteroatoms. The van der Waals surface area contributed by atoms with E-state index in [-0.39, 0.29) is 5.57 Å². The van der Waals surface area contributed by atoms with Crippen molar-refractivity contribution >= 4 is 57.1 Å². The monoisotopic (exact) mass is 494 g/mol. The Hall–Kier alpha value is -3.22. The minimum absolute atomic E-state index is 0.123. The number of barbiturate groups is 1. The highest BCUT2D eigenvalue weighted by Crippen LogP contribution is 2.27. The minimum Gasteiger partial charge on any atom is -0.273 e. The number of nitrogens with zero attached hydrogens (tertiary/aromatic N) is 1. The number of carbonyl (C=O) groups excluding carboxylic acids is 3. The summed E-state index contributed by atoms with van der Waals surface area (Å²) in [4.78, 5) is 38.9. The second kappa shape index (κ2) is 8.88. The van der Waals surface area contributed by atoms with E-state index >= 15 is 0 Å². The second-order valence-electron chi connectivity index (χ2n) is 6.90. The third-order valence-corrected chi connectivity index (χ3v) is 5.72. The first-order valence-corrected chi connectivity index (χ1v) is 10.6. The number of nitrogens with one attached hydrogen (secondary N) is 1. The van der Waals surface area contributed by atoms with E-state index in [4.69, 9.17) is 11.6 Å². The molecule has 4 amide bonds. The molecule has 4 rings (SSSR count). The number of hydrogen-bond donors (Lipinski definition) is 1. The molecule has 0 aromatic heterocycles. The number of rotatable bonds is 4. The van der Waals surface area contributed by atoms with E-state index in [1.807, 2.05) is 42.5 Å². The zero-order valence-electron chi connectivity index (χ0n) is 16.1. The molecule has 0 saturated carbocycles. The van der Waals surface area contributed by atoms with E-state index in [1.165, 1.54) is 6.08 Å². The molecule has 1 saturated heterocycles. The van der Waals surface area contributed by atoms with Crippen molar-refractivity contribution in [1.29, 1.82) is 0 Å². The van der Waals surface area contributed by atoms with Gasteiger partial charge in [0.25, 0.3) is 11.8 Å². The number of carbonyl (C=O) groups is 3. The van der Waals surface area contributed by atoms with Gasteiger partial charge in [0, 0.05) is 9.50 Å². The molecular weight excluding hydrogens is 480 g/mol. The lowest BCUT2D eigenvalue weighted by atomic mass is 9.97. The van der Waals surface area contributed by atoms with Crippen LogP contribution in [0.4, 0.5) is 10.5 Å². The van der Waals surface area contributed by atoms with Crippen molar-refractivity contribution in [1.82, 2.24) is 5.32 Å². The Kier molecular flexibility index (Phi) is 6.02. The first-order valence-electron chi connectivity index (χ1n) is 9.42. The lowest BCUT2D eigenvalue weighted by molar-refractivity contribution is -0.122. The number of urea groups is 1. The van der Waals surface area contributed by atoms with Crippen molar-refractivity contribution in [2.45, 2.75) is 6.42 Å². The third-order valence-electron chi connectivity index (χ3n) is 4.86. The molecule has 0 spiro atoms. The summed E-state index contributed by atoms with van der Waals surface area (Å²) in [6.45, 7) is 0. The van der Waals surface area contributed by atoms with Gasteiger partial charge in [0.2, 0.25) is 0 Å². The molecule has 1 fully saturated rings. The molecule has 1 heterocycles. The summed E-state index contributed by atoms with van der Waals surface area (Å²) in [5.74, 6) is -1.41. The van der Waals surface area contributed by atoms with Crippen LogP contribution in [0.25, 0.3) is 6.08 Å². The summed E-state index contributed by atoms with van der Waals surface area (Å²) in [6, 6.07) is 20.8. The Morgan fingerprint density at radius 3 is 2.35 bits per heavy atom. The molecular formula is C24H16BrClN2O3. The van der Waals surface area contributed by atoms with Crippen LogP contribution in [0, 0.1) is 0 Å². The van der Waals surface area contributed by atoms with Gasteiger partial charge in [0.1, 0.15) is 5.57 Å². The summed E-state index contributed by atoms with van der Waals surface area (Å²) in [5.41, 5.74) is 2.74. The van der Waals surface area contributed by atoms with Gasteiger partial charge in [0.05, 0.1) is 5.69 Å². The first-order chi connectivity index (χ1) is 14.9. The SMILES string of the molecule is O=C1NC(=O)N(c2ccccc2)C(=O)/C1=C/c1cc(Br)ccc1Cc1ccccc1Cl. The maximum atomic E-state index is 13.1. The van der Waals surface area contributed by atoms with Crippen LogP contribution in [0.15, 0.2) is 82.8 Å². The summed E-state index contributed by atoms with van der Waals surface area (Å²) in [6.07, 6.45) is 2.03. The molecule has 0 bridgehead atoms. The average Bonchev–Trinajstić information content (AvgIpc) is 2.75. The molecule has 31 heavy (non-hydrogen) atoms. The van der Waals surface area contributed by atoms with Crippen molar-refractivity contribution in [3.05, 3.63) is 105 Å². The van der Waals surface area contributed by atoms with Crippen LogP contribution < -0.4 is 10.2 Å². The maximum absolute atomic E-state index is 13.1. The van der Waals surface area contributed by atoms with Gasteiger partial charge in [-0.25, -0.2) is 9.69 Å². The standard InChI is InChI=1S/C24H16BrClN2O3/c25-18-11-10-15(12-16-6-4-5-9-21(16)26)17(13-18)14-20-22(29)27-24(31)28(23(20)30)19-7-2-1-3-8-19/h1-11,13-14H,12H2,(H,27,29,31)/b20-14+. The van der Waals surface area contributed by atoms with Gasteiger partial charge >= 0.3 is 6.03 Å². The highest BCUT2D eigenvalue weighted by atomic mass is 79.9. The van der Waals surface area contributed by atoms with Crippen molar-refractivity contribution in [2.24, 2.45) is 0 Å². The molecule has 1 N–H and O–H groups in total. The summed E-state index contributed by atoms with van der Waals surface area (Å²) >= 11 is 9.76. The summed E-state index contributed by atoms with van der Waals surface area (Å²) in [5, 5.41) is 2.88. The predicted octanol–water partition coefficient (Wildman–Crippen LogP) is 5.36. The van der Waals surface area contributed by atoms with Crippen LogP contribution in [0.5, 0.6) is 0 Å². The number of anilines is 1. The maximum Gasteiger partial charge on any atom is 0.335 e. The largest absolute Gasteiger partial charge is 0.335 e. The van der Waals surface area contributed by atoms with E-state index in [1.54, 1.807) is 30.3 Å². The van der Waals surface area contributed by atoms with Gasteiger partial charge in [0.15, 0.2) is 0 Å². The van der Waals surface area contributed by atoms with Crippen molar-refractivity contribution in [2.75, 3.05) is 4.90 Å². The van der Waals surface area contributed by atoms with Crippen molar-refractivity contribution in [3.63, 3.8) is 0 Å². The van der Waals surface area contributed by atoms with E-state index in [2.05, 4.69) is 21.2 Å². The lowest BCUT2D eigenvalue weighted by Gasteiger charge is -2.26. The Bertz CT molecular complexity index is 1220. The van der Waals surface area contributed by atoms with Gasteiger partial charge in [-0.2, -0.15) is 0 Å². The average molecular weight is 496 g/mol. The Morgan fingerprint density at radius 2 is 1.61 bits per heavy atom.